The van der Waals surface area contributed by atoms with Gasteiger partial charge in [-0.2, -0.15) is 4.39 Å². The second-order valence-corrected chi connectivity index (χ2v) is 9.42. The molecule has 0 heterocycles. The van der Waals surface area contributed by atoms with Crippen LogP contribution < -0.4 is 4.74 Å². The number of allylic oxidation sites excluding steroid dienone is 2. The predicted molar refractivity (Wildman–Crippen MR) is 142 cm³/mol. The SMILES string of the molecule is C=CCCc1ccc(-c2ccc(-c3ccc(OCC4C=CC(CCC)CC4)c(F)c3F)cc2)cc1. The van der Waals surface area contributed by atoms with Gasteiger partial charge in [-0.25, -0.2) is 4.39 Å². The number of halogens is 2. The Bertz CT molecular complexity index is 1150. The van der Waals surface area contributed by atoms with Crippen molar-refractivity contribution in [3.8, 4) is 28.0 Å². The predicted octanol–water partition coefficient (Wildman–Crippen LogP) is 9.18. The van der Waals surface area contributed by atoms with E-state index in [1.807, 2.05) is 30.3 Å². The first kappa shape index (κ1) is 24.9. The number of hydrogen-bond donors (Lipinski definition) is 0. The Hall–Kier alpha value is -3.20. The lowest BCUT2D eigenvalue weighted by Crippen LogP contribution is -2.16. The molecule has 0 saturated carbocycles. The van der Waals surface area contributed by atoms with Crippen LogP contribution in [-0.4, -0.2) is 6.61 Å². The molecule has 3 heteroatoms. The average molecular weight is 473 g/mol. The highest BCUT2D eigenvalue weighted by Crippen LogP contribution is 2.32. The van der Waals surface area contributed by atoms with Gasteiger partial charge in [0.1, 0.15) is 0 Å². The van der Waals surface area contributed by atoms with Gasteiger partial charge in [0.05, 0.1) is 6.61 Å². The fourth-order valence-corrected chi connectivity index (χ4v) is 4.72. The molecule has 0 saturated heterocycles. The Labute approximate surface area is 208 Å². The zero-order chi connectivity index (χ0) is 24.6. The van der Waals surface area contributed by atoms with Crippen molar-refractivity contribution in [2.45, 2.75) is 45.4 Å². The fraction of sp³-hybridized carbons (Fsp3) is 0.312. The Morgan fingerprint density at radius 1 is 0.829 bits per heavy atom. The van der Waals surface area contributed by atoms with Gasteiger partial charge >= 0.3 is 0 Å². The number of rotatable bonds is 10. The van der Waals surface area contributed by atoms with Crippen molar-refractivity contribution in [3.63, 3.8) is 0 Å². The summed E-state index contributed by atoms with van der Waals surface area (Å²) in [7, 11) is 0. The molecule has 0 aromatic heterocycles. The molecule has 0 spiro atoms. The van der Waals surface area contributed by atoms with Crippen molar-refractivity contribution >= 4 is 0 Å². The Balaban J connectivity index is 1.42. The van der Waals surface area contributed by atoms with Gasteiger partial charge in [0.15, 0.2) is 11.6 Å². The minimum atomic E-state index is -0.926. The van der Waals surface area contributed by atoms with Gasteiger partial charge < -0.3 is 4.74 Å². The average Bonchev–Trinajstić information content (AvgIpc) is 2.90. The van der Waals surface area contributed by atoms with Crippen LogP contribution in [0, 0.1) is 23.5 Å². The second kappa shape index (κ2) is 12.0. The van der Waals surface area contributed by atoms with E-state index in [0.717, 1.165) is 36.8 Å². The maximum absolute atomic E-state index is 14.9. The molecule has 0 bridgehead atoms. The van der Waals surface area contributed by atoms with Gasteiger partial charge in [-0.1, -0.05) is 80.1 Å². The molecule has 3 aromatic carbocycles. The van der Waals surface area contributed by atoms with Crippen LogP contribution in [-0.2, 0) is 6.42 Å². The van der Waals surface area contributed by atoms with E-state index in [4.69, 9.17) is 4.74 Å². The van der Waals surface area contributed by atoms with E-state index >= 15 is 0 Å². The highest BCUT2D eigenvalue weighted by molar-refractivity contribution is 5.71. The molecule has 35 heavy (non-hydrogen) atoms. The Kier molecular flexibility index (Phi) is 8.52. The van der Waals surface area contributed by atoms with E-state index in [-0.39, 0.29) is 17.2 Å². The third-order valence-corrected chi connectivity index (χ3v) is 6.84. The van der Waals surface area contributed by atoms with E-state index in [1.54, 1.807) is 6.07 Å². The molecule has 182 valence electrons. The topological polar surface area (TPSA) is 9.23 Å². The van der Waals surface area contributed by atoms with Crippen molar-refractivity contribution in [1.82, 2.24) is 0 Å². The quantitative estimate of drug-likeness (QED) is 0.267. The van der Waals surface area contributed by atoms with E-state index in [0.29, 0.717) is 18.1 Å². The maximum Gasteiger partial charge on any atom is 0.201 e. The lowest BCUT2D eigenvalue weighted by atomic mass is 9.86. The van der Waals surface area contributed by atoms with E-state index in [9.17, 15) is 8.78 Å². The highest BCUT2D eigenvalue weighted by Gasteiger charge is 2.19. The van der Waals surface area contributed by atoms with Crippen LogP contribution in [0.5, 0.6) is 5.75 Å². The standard InChI is InChI=1S/C32H34F2O/c1-3-5-7-24-12-14-26(15-13-24)27-16-18-28(19-17-27)29-20-21-30(32(34)31(29)33)35-22-25-10-8-23(6-4-2)9-11-25/h3,8,10,12-21,23,25H,1,4-7,9,11,22H2,2H3. The molecule has 0 amide bonds. The van der Waals surface area contributed by atoms with Crippen LogP contribution in [0.4, 0.5) is 8.78 Å². The molecule has 1 nitrogen and oxygen atoms in total. The van der Waals surface area contributed by atoms with Gasteiger partial charge in [0.2, 0.25) is 5.82 Å². The Morgan fingerprint density at radius 2 is 1.46 bits per heavy atom. The molecule has 0 radical (unpaired) electrons. The van der Waals surface area contributed by atoms with Crippen molar-refractivity contribution in [2.75, 3.05) is 6.61 Å². The Morgan fingerprint density at radius 3 is 2.09 bits per heavy atom. The molecule has 2 atom stereocenters. The summed E-state index contributed by atoms with van der Waals surface area (Å²) < 4.78 is 35.4. The smallest absolute Gasteiger partial charge is 0.201 e. The van der Waals surface area contributed by atoms with E-state index in [1.165, 1.54) is 24.5 Å². The second-order valence-electron chi connectivity index (χ2n) is 9.42. The molecule has 2 unspecified atom stereocenters. The summed E-state index contributed by atoms with van der Waals surface area (Å²) in [5.74, 6) is -0.940. The van der Waals surface area contributed by atoms with Gasteiger partial charge in [-0.3, -0.25) is 0 Å². The van der Waals surface area contributed by atoms with Crippen molar-refractivity contribution in [2.24, 2.45) is 11.8 Å². The minimum Gasteiger partial charge on any atom is -0.490 e. The van der Waals surface area contributed by atoms with Crippen LogP contribution in [0.25, 0.3) is 22.3 Å². The van der Waals surface area contributed by atoms with Gasteiger partial charge in [0.25, 0.3) is 0 Å². The summed E-state index contributed by atoms with van der Waals surface area (Å²) in [5.41, 5.74) is 4.27. The monoisotopic (exact) mass is 472 g/mol. The molecule has 1 aliphatic rings. The molecule has 1 aliphatic carbocycles. The lowest BCUT2D eigenvalue weighted by molar-refractivity contribution is 0.242. The number of hydrogen-bond acceptors (Lipinski definition) is 1. The molecular formula is C32H34F2O. The van der Waals surface area contributed by atoms with Gasteiger partial charge in [-0.05, 0) is 72.4 Å². The number of aryl methyl sites for hydroxylation is 1. The summed E-state index contributed by atoms with van der Waals surface area (Å²) in [6.07, 6.45) is 12.8. The summed E-state index contributed by atoms with van der Waals surface area (Å²) in [4.78, 5) is 0. The largest absolute Gasteiger partial charge is 0.490 e. The lowest BCUT2D eigenvalue weighted by Gasteiger charge is -2.23. The third-order valence-electron chi connectivity index (χ3n) is 6.84. The summed E-state index contributed by atoms with van der Waals surface area (Å²) in [5, 5.41) is 0. The molecule has 4 rings (SSSR count). The first-order valence-electron chi connectivity index (χ1n) is 12.7. The maximum atomic E-state index is 14.9. The zero-order valence-electron chi connectivity index (χ0n) is 20.5. The molecule has 3 aromatic rings. The number of benzene rings is 3. The van der Waals surface area contributed by atoms with Crippen LogP contribution in [0.3, 0.4) is 0 Å². The normalized spacial score (nSPS) is 17.3. The van der Waals surface area contributed by atoms with Crippen molar-refractivity contribution in [1.29, 1.82) is 0 Å². The van der Waals surface area contributed by atoms with E-state index in [2.05, 4.69) is 49.9 Å². The summed E-state index contributed by atoms with van der Waals surface area (Å²) >= 11 is 0. The van der Waals surface area contributed by atoms with Gasteiger partial charge in [0, 0.05) is 11.5 Å². The van der Waals surface area contributed by atoms with Crippen LogP contribution in [0.2, 0.25) is 0 Å². The number of ether oxygens (including phenoxy) is 1. The molecule has 0 fully saturated rings. The van der Waals surface area contributed by atoms with Crippen LogP contribution in [0.1, 0.15) is 44.6 Å². The molecule has 0 N–H and O–H groups in total. The third kappa shape index (κ3) is 6.28. The summed E-state index contributed by atoms with van der Waals surface area (Å²) in [6.45, 7) is 6.33. The molecule has 0 aliphatic heterocycles. The fourth-order valence-electron chi connectivity index (χ4n) is 4.72. The minimum absolute atomic E-state index is 0.0245. The highest BCUT2D eigenvalue weighted by atomic mass is 19.2. The van der Waals surface area contributed by atoms with Crippen molar-refractivity contribution in [3.05, 3.63) is 103 Å². The first-order valence-corrected chi connectivity index (χ1v) is 12.7. The van der Waals surface area contributed by atoms with E-state index < -0.39 is 11.6 Å². The van der Waals surface area contributed by atoms with Crippen molar-refractivity contribution < 1.29 is 13.5 Å². The van der Waals surface area contributed by atoms with Crippen LogP contribution in [0.15, 0.2) is 85.5 Å². The van der Waals surface area contributed by atoms with Crippen LogP contribution >= 0.6 is 0 Å². The van der Waals surface area contributed by atoms with Gasteiger partial charge in [-0.15, -0.1) is 6.58 Å². The first-order chi connectivity index (χ1) is 17.1. The zero-order valence-corrected chi connectivity index (χ0v) is 20.5. The summed E-state index contributed by atoms with van der Waals surface area (Å²) in [6, 6.07) is 19.1. The molecular weight excluding hydrogens is 438 g/mol.